The summed E-state index contributed by atoms with van der Waals surface area (Å²) in [5.41, 5.74) is 1.22. The summed E-state index contributed by atoms with van der Waals surface area (Å²) in [4.78, 5) is 13.5. The second-order valence-electron chi connectivity index (χ2n) is 4.54. The second kappa shape index (κ2) is 3.52. The van der Waals surface area contributed by atoms with E-state index in [1.807, 2.05) is 5.38 Å². The van der Waals surface area contributed by atoms with Gasteiger partial charge in [-0.1, -0.05) is 0 Å². The zero-order valence-corrected chi connectivity index (χ0v) is 9.80. The summed E-state index contributed by atoms with van der Waals surface area (Å²) in [6.07, 6.45) is 2.36. The first-order valence-corrected chi connectivity index (χ1v) is 5.98. The molecule has 4 heteroatoms. The lowest BCUT2D eigenvalue weighted by Gasteiger charge is -2.32. The zero-order chi connectivity index (χ0) is 11.1. The Morgan fingerprint density at radius 1 is 1.60 bits per heavy atom. The molecule has 3 nitrogen and oxygen atoms in total. The SMILES string of the molecule is CC1(C)CCCN1c1csc(C(=O)O)c1. The molecular formula is C11H15NO2S. The lowest BCUT2D eigenvalue weighted by molar-refractivity contribution is 0.0702. The fraction of sp³-hybridized carbons (Fsp3) is 0.545. The summed E-state index contributed by atoms with van der Waals surface area (Å²) in [5.74, 6) is -0.830. The van der Waals surface area contributed by atoms with Crippen LogP contribution in [0.1, 0.15) is 36.4 Å². The van der Waals surface area contributed by atoms with E-state index in [4.69, 9.17) is 5.11 Å². The van der Waals surface area contributed by atoms with Crippen molar-refractivity contribution in [2.75, 3.05) is 11.4 Å². The maximum Gasteiger partial charge on any atom is 0.345 e. The van der Waals surface area contributed by atoms with E-state index in [-0.39, 0.29) is 5.54 Å². The van der Waals surface area contributed by atoms with Crippen molar-refractivity contribution in [1.29, 1.82) is 0 Å². The summed E-state index contributed by atoms with van der Waals surface area (Å²) in [7, 11) is 0. The minimum atomic E-state index is -0.830. The molecule has 0 spiro atoms. The highest BCUT2D eigenvalue weighted by atomic mass is 32.1. The largest absolute Gasteiger partial charge is 0.477 e. The molecular weight excluding hydrogens is 210 g/mol. The van der Waals surface area contributed by atoms with E-state index in [1.54, 1.807) is 6.07 Å². The summed E-state index contributed by atoms with van der Waals surface area (Å²) >= 11 is 1.30. The fourth-order valence-electron chi connectivity index (χ4n) is 2.17. The first-order valence-electron chi connectivity index (χ1n) is 5.10. The van der Waals surface area contributed by atoms with Crippen LogP contribution in [0.4, 0.5) is 5.69 Å². The number of hydrogen-bond acceptors (Lipinski definition) is 3. The number of anilines is 1. The highest BCUT2D eigenvalue weighted by Crippen LogP contribution is 2.35. The van der Waals surface area contributed by atoms with Gasteiger partial charge in [-0.25, -0.2) is 4.79 Å². The smallest absolute Gasteiger partial charge is 0.345 e. The van der Waals surface area contributed by atoms with Crippen LogP contribution in [0, 0.1) is 0 Å². The van der Waals surface area contributed by atoms with E-state index >= 15 is 0 Å². The summed E-state index contributed by atoms with van der Waals surface area (Å²) in [6.45, 7) is 5.44. The highest BCUT2D eigenvalue weighted by Gasteiger charge is 2.32. The molecule has 0 radical (unpaired) electrons. The lowest BCUT2D eigenvalue weighted by atomic mass is 10.0. The molecule has 2 rings (SSSR count). The minimum Gasteiger partial charge on any atom is -0.477 e. The molecule has 1 aromatic rings. The number of thiophene rings is 1. The van der Waals surface area contributed by atoms with Gasteiger partial charge in [0.05, 0.1) is 0 Å². The quantitative estimate of drug-likeness (QED) is 0.841. The van der Waals surface area contributed by atoms with Crippen molar-refractivity contribution < 1.29 is 9.90 Å². The Hall–Kier alpha value is -1.03. The normalized spacial score (nSPS) is 19.5. The number of nitrogens with zero attached hydrogens (tertiary/aromatic N) is 1. The first kappa shape index (κ1) is 10.5. The molecule has 1 fully saturated rings. The molecule has 82 valence electrons. The van der Waals surface area contributed by atoms with Gasteiger partial charge in [-0.2, -0.15) is 0 Å². The number of rotatable bonds is 2. The van der Waals surface area contributed by atoms with E-state index < -0.39 is 5.97 Å². The van der Waals surface area contributed by atoms with Gasteiger partial charge in [0.2, 0.25) is 0 Å². The van der Waals surface area contributed by atoms with Gasteiger partial charge in [0, 0.05) is 23.2 Å². The Balaban J connectivity index is 2.26. The molecule has 1 aliphatic heterocycles. The average molecular weight is 225 g/mol. The van der Waals surface area contributed by atoms with E-state index in [9.17, 15) is 4.79 Å². The highest BCUT2D eigenvalue weighted by molar-refractivity contribution is 7.12. The Morgan fingerprint density at radius 3 is 2.80 bits per heavy atom. The number of aromatic carboxylic acids is 1. The molecule has 0 atom stereocenters. The van der Waals surface area contributed by atoms with Gasteiger partial charge in [0.1, 0.15) is 4.88 Å². The minimum absolute atomic E-state index is 0.164. The molecule has 0 amide bonds. The number of carbonyl (C=O) groups is 1. The van der Waals surface area contributed by atoms with Crippen LogP contribution >= 0.6 is 11.3 Å². The van der Waals surface area contributed by atoms with E-state index in [0.29, 0.717) is 4.88 Å². The van der Waals surface area contributed by atoms with E-state index in [0.717, 1.165) is 12.2 Å². The third-order valence-corrected chi connectivity index (χ3v) is 3.91. The van der Waals surface area contributed by atoms with Crippen molar-refractivity contribution in [2.45, 2.75) is 32.2 Å². The second-order valence-corrected chi connectivity index (χ2v) is 5.45. The van der Waals surface area contributed by atoms with Gasteiger partial charge >= 0.3 is 5.97 Å². The Morgan fingerprint density at radius 2 is 2.33 bits per heavy atom. The number of hydrogen-bond donors (Lipinski definition) is 1. The van der Waals surface area contributed by atoms with Crippen LogP contribution in [0.5, 0.6) is 0 Å². The van der Waals surface area contributed by atoms with Crippen molar-refractivity contribution in [2.24, 2.45) is 0 Å². The third kappa shape index (κ3) is 1.86. The van der Waals surface area contributed by atoms with E-state index in [2.05, 4.69) is 18.7 Å². The van der Waals surface area contributed by atoms with Crippen molar-refractivity contribution >= 4 is 23.0 Å². The maximum absolute atomic E-state index is 10.8. The van der Waals surface area contributed by atoms with Crippen molar-refractivity contribution in [1.82, 2.24) is 0 Å². The van der Waals surface area contributed by atoms with Crippen LogP contribution in [0.25, 0.3) is 0 Å². The first-order chi connectivity index (χ1) is 7.00. The van der Waals surface area contributed by atoms with Gasteiger partial charge in [-0.3, -0.25) is 0 Å². The predicted molar refractivity (Wildman–Crippen MR) is 61.9 cm³/mol. The van der Waals surface area contributed by atoms with Crippen LogP contribution in [0.2, 0.25) is 0 Å². The molecule has 1 aromatic heterocycles. The molecule has 2 heterocycles. The van der Waals surface area contributed by atoms with Crippen LogP contribution in [0.3, 0.4) is 0 Å². The van der Waals surface area contributed by atoms with Gasteiger partial charge in [-0.15, -0.1) is 11.3 Å². The van der Waals surface area contributed by atoms with Gasteiger partial charge in [0.15, 0.2) is 0 Å². The van der Waals surface area contributed by atoms with Crippen molar-refractivity contribution in [3.05, 3.63) is 16.3 Å². The molecule has 0 unspecified atom stereocenters. The monoisotopic (exact) mass is 225 g/mol. The summed E-state index contributed by atoms with van der Waals surface area (Å²) in [6, 6.07) is 1.78. The van der Waals surface area contributed by atoms with Gasteiger partial charge < -0.3 is 10.0 Å². The molecule has 0 saturated carbocycles. The molecule has 1 aliphatic rings. The van der Waals surface area contributed by atoms with E-state index in [1.165, 1.54) is 24.2 Å². The molecule has 1 N–H and O–H groups in total. The Labute approximate surface area is 93.3 Å². The molecule has 0 aliphatic carbocycles. The molecule has 0 aromatic carbocycles. The van der Waals surface area contributed by atoms with Gasteiger partial charge in [0.25, 0.3) is 0 Å². The standard InChI is InChI=1S/C11H15NO2S/c1-11(2)4-3-5-12(11)8-6-9(10(13)14)15-7-8/h6-7H,3-5H2,1-2H3,(H,13,14). The predicted octanol–water partition coefficient (Wildman–Crippen LogP) is 2.83. The third-order valence-electron chi connectivity index (χ3n) is 3.01. The van der Waals surface area contributed by atoms with Crippen LogP contribution < -0.4 is 4.90 Å². The summed E-state index contributed by atoms with van der Waals surface area (Å²) < 4.78 is 0. The molecule has 15 heavy (non-hydrogen) atoms. The number of carboxylic acids is 1. The van der Waals surface area contributed by atoms with Crippen molar-refractivity contribution in [3.8, 4) is 0 Å². The number of carboxylic acid groups (broad SMARTS) is 1. The average Bonchev–Trinajstić information content (AvgIpc) is 2.69. The molecule has 1 saturated heterocycles. The Kier molecular flexibility index (Phi) is 2.46. The summed E-state index contributed by atoms with van der Waals surface area (Å²) in [5, 5.41) is 10.8. The molecule has 0 bridgehead atoms. The van der Waals surface area contributed by atoms with Crippen LogP contribution in [0.15, 0.2) is 11.4 Å². The lowest BCUT2D eigenvalue weighted by Crippen LogP contribution is -2.37. The fourth-order valence-corrected chi connectivity index (χ4v) is 2.90. The zero-order valence-electron chi connectivity index (χ0n) is 8.99. The maximum atomic E-state index is 10.8. The van der Waals surface area contributed by atoms with Gasteiger partial charge in [-0.05, 0) is 32.8 Å². The van der Waals surface area contributed by atoms with Crippen molar-refractivity contribution in [3.63, 3.8) is 0 Å². The Bertz CT molecular complexity index is 384. The van der Waals surface area contributed by atoms with Crippen LogP contribution in [-0.2, 0) is 0 Å². The topological polar surface area (TPSA) is 40.5 Å². The van der Waals surface area contributed by atoms with Crippen LogP contribution in [-0.4, -0.2) is 23.2 Å².